The lowest BCUT2D eigenvalue weighted by Gasteiger charge is -2.14. The van der Waals surface area contributed by atoms with E-state index in [1.807, 2.05) is 60.0 Å². The van der Waals surface area contributed by atoms with Gasteiger partial charge in [0.2, 0.25) is 5.91 Å². The Hall–Kier alpha value is -3.17. The number of hydrogen-bond donors (Lipinski definition) is 1. The molecule has 0 fully saturated rings. The molecule has 1 N–H and O–H groups in total. The number of ether oxygens (including phenoxy) is 1. The molecular weight excluding hydrogens is 487 g/mol. The van der Waals surface area contributed by atoms with E-state index in [-0.39, 0.29) is 16.5 Å². The number of anilines is 1. The van der Waals surface area contributed by atoms with E-state index in [1.54, 1.807) is 0 Å². The number of thioether (sulfide) groups is 1. The SMILES string of the molecule is CCOc1ccc(-n2c(SCC(=O)Nc3ccc(Cl)cc3C(F)(F)F)nc3ccccc32)cc1. The van der Waals surface area contributed by atoms with E-state index in [1.165, 1.54) is 6.07 Å². The molecule has 0 unspecified atom stereocenters. The van der Waals surface area contributed by atoms with Crippen LogP contribution in [-0.2, 0) is 11.0 Å². The minimum absolute atomic E-state index is 0.0660. The van der Waals surface area contributed by atoms with Crippen molar-refractivity contribution in [1.82, 2.24) is 9.55 Å². The maximum Gasteiger partial charge on any atom is 0.418 e. The van der Waals surface area contributed by atoms with Crippen molar-refractivity contribution in [2.75, 3.05) is 17.7 Å². The summed E-state index contributed by atoms with van der Waals surface area (Å²) in [5.41, 5.74) is 1.04. The molecule has 1 aromatic heterocycles. The van der Waals surface area contributed by atoms with E-state index in [9.17, 15) is 18.0 Å². The monoisotopic (exact) mass is 505 g/mol. The Balaban J connectivity index is 1.58. The third-order valence-electron chi connectivity index (χ3n) is 4.83. The number of amides is 1. The molecule has 10 heteroatoms. The number of aromatic nitrogens is 2. The third kappa shape index (κ3) is 5.31. The summed E-state index contributed by atoms with van der Waals surface area (Å²) in [6.07, 6.45) is -4.65. The highest BCUT2D eigenvalue weighted by Crippen LogP contribution is 2.37. The second kappa shape index (κ2) is 9.99. The molecule has 0 aliphatic heterocycles. The number of carbonyl (C=O) groups excluding carboxylic acids is 1. The van der Waals surface area contributed by atoms with Crippen LogP contribution in [0.2, 0.25) is 5.02 Å². The van der Waals surface area contributed by atoms with Crippen LogP contribution in [0.15, 0.2) is 71.9 Å². The second-order valence-corrected chi connectivity index (χ2v) is 8.55. The highest BCUT2D eigenvalue weighted by molar-refractivity contribution is 7.99. The molecule has 4 rings (SSSR count). The van der Waals surface area contributed by atoms with Crippen LogP contribution in [0.25, 0.3) is 16.7 Å². The number of para-hydroxylation sites is 2. The van der Waals surface area contributed by atoms with Gasteiger partial charge in [-0.05, 0) is 61.5 Å². The van der Waals surface area contributed by atoms with E-state index in [4.69, 9.17) is 16.3 Å². The van der Waals surface area contributed by atoms with Crippen molar-refractivity contribution in [3.8, 4) is 11.4 Å². The van der Waals surface area contributed by atoms with Crippen molar-refractivity contribution in [2.45, 2.75) is 18.3 Å². The topological polar surface area (TPSA) is 56.1 Å². The third-order valence-corrected chi connectivity index (χ3v) is 6.00. The summed E-state index contributed by atoms with van der Waals surface area (Å²) in [7, 11) is 0. The molecule has 0 bridgehead atoms. The minimum Gasteiger partial charge on any atom is -0.494 e. The summed E-state index contributed by atoms with van der Waals surface area (Å²) in [5, 5.41) is 2.81. The number of benzene rings is 3. The molecule has 0 aliphatic rings. The van der Waals surface area contributed by atoms with Gasteiger partial charge in [0.1, 0.15) is 5.75 Å². The van der Waals surface area contributed by atoms with Gasteiger partial charge in [-0.1, -0.05) is 35.5 Å². The summed E-state index contributed by atoms with van der Waals surface area (Å²) in [4.78, 5) is 17.2. The molecule has 0 saturated carbocycles. The van der Waals surface area contributed by atoms with Crippen LogP contribution in [0.5, 0.6) is 5.75 Å². The van der Waals surface area contributed by atoms with Crippen molar-refractivity contribution in [3.63, 3.8) is 0 Å². The van der Waals surface area contributed by atoms with E-state index >= 15 is 0 Å². The first-order valence-electron chi connectivity index (χ1n) is 10.3. The number of halogens is 4. The molecule has 0 spiro atoms. The Bertz CT molecular complexity index is 1320. The van der Waals surface area contributed by atoms with Gasteiger partial charge in [-0.25, -0.2) is 4.98 Å². The van der Waals surface area contributed by atoms with Crippen LogP contribution in [0.3, 0.4) is 0 Å². The van der Waals surface area contributed by atoms with E-state index in [2.05, 4.69) is 10.3 Å². The molecule has 5 nitrogen and oxygen atoms in total. The zero-order chi connectivity index (χ0) is 24.3. The van der Waals surface area contributed by atoms with Crippen LogP contribution in [0, 0.1) is 0 Å². The van der Waals surface area contributed by atoms with Gasteiger partial charge in [0.05, 0.1) is 34.6 Å². The van der Waals surface area contributed by atoms with Gasteiger partial charge in [-0.15, -0.1) is 0 Å². The Labute approximate surface area is 202 Å². The average Bonchev–Trinajstić information content (AvgIpc) is 3.17. The second-order valence-electron chi connectivity index (χ2n) is 7.17. The lowest BCUT2D eigenvalue weighted by atomic mass is 10.1. The van der Waals surface area contributed by atoms with Gasteiger partial charge >= 0.3 is 6.18 Å². The first-order valence-corrected chi connectivity index (χ1v) is 11.6. The van der Waals surface area contributed by atoms with Crippen molar-refractivity contribution < 1.29 is 22.7 Å². The molecule has 4 aromatic rings. The zero-order valence-electron chi connectivity index (χ0n) is 17.9. The van der Waals surface area contributed by atoms with Crippen LogP contribution in [-0.4, -0.2) is 27.8 Å². The highest BCUT2D eigenvalue weighted by Gasteiger charge is 2.34. The van der Waals surface area contributed by atoms with Gasteiger partial charge < -0.3 is 10.1 Å². The normalized spacial score (nSPS) is 11.6. The number of fused-ring (bicyclic) bond motifs is 1. The van der Waals surface area contributed by atoms with Crippen molar-refractivity contribution >= 4 is 46.0 Å². The van der Waals surface area contributed by atoms with Gasteiger partial charge in [-0.2, -0.15) is 13.2 Å². The Morgan fingerprint density at radius 1 is 1.12 bits per heavy atom. The lowest BCUT2D eigenvalue weighted by Crippen LogP contribution is -2.18. The predicted octanol–water partition coefficient (Wildman–Crippen LogP) is 6.83. The zero-order valence-corrected chi connectivity index (χ0v) is 19.5. The molecule has 1 amide bonds. The summed E-state index contributed by atoms with van der Waals surface area (Å²) in [6, 6.07) is 18.2. The van der Waals surface area contributed by atoms with Gasteiger partial charge in [0.15, 0.2) is 5.16 Å². The average molecular weight is 506 g/mol. The lowest BCUT2D eigenvalue weighted by molar-refractivity contribution is -0.137. The molecule has 176 valence electrons. The van der Waals surface area contributed by atoms with Crippen molar-refractivity contribution in [2.24, 2.45) is 0 Å². The van der Waals surface area contributed by atoms with Crippen molar-refractivity contribution in [3.05, 3.63) is 77.3 Å². The number of nitrogens with zero attached hydrogens (tertiary/aromatic N) is 2. The first kappa shape index (κ1) is 24.0. The fourth-order valence-electron chi connectivity index (χ4n) is 3.38. The largest absolute Gasteiger partial charge is 0.494 e. The summed E-state index contributed by atoms with van der Waals surface area (Å²) in [5.74, 6) is -0.00361. The summed E-state index contributed by atoms with van der Waals surface area (Å²) in [6.45, 7) is 2.45. The Kier molecular flexibility index (Phi) is 7.04. The molecular formula is C24H19ClF3N3O2S. The van der Waals surface area contributed by atoms with Crippen LogP contribution in [0.1, 0.15) is 12.5 Å². The number of nitrogens with one attached hydrogen (secondary N) is 1. The smallest absolute Gasteiger partial charge is 0.418 e. The quantitative estimate of drug-likeness (QED) is 0.280. The molecule has 0 atom stereocenters. The Morgan fingerprint density at radius 2 is 1.85 bits per heavy atom. The minimum atomic E-state index is -4.65. The maximum atomic E-state index is 13.3. The van der Waals surface area contributed by atoms with Gasteiger partial charge in [-0.3, -0.25) is 9.36 Å². The van der Waals surface area contributed by atoms with Gasteiger partial charge in [0, 0.05) is 10.7 Å². The van der Waals surface area contributed by atoms with Crippen LogP contribution in [0.4, 0.5) is 18.9 Å². The fourth-order valence-corrected chi connectivity index (χ4v) is 4.38. The molecule has 34 heavy (non-hydrogen) atoms. The molecule has 0 saturated heterocycles. The first-order chi connectivity index (χ1) is 16.3. The highest BCUT2D eigenvalue weighted by atomic mass is 35.5. The number of imidazole rings is 1. The number of carbonyl (C=O) groups is 1. The summed E-state index contributed by atoms with van der Waals surface area (Å²) < 4.78 is 47.4. The number of hydrogen-bond acceptors (Lipinski definition) is 4. The number of alkyl halides is 3. The Morgan fingerprint density at radius 3 is 2.56 bits per heavy atom. The fraction of sp³-hybridized carbons (Fsp3) is 0.167. The maximum absolute atomic E-state index is 13.3. The summed E-state index contributed by atoms with van der Waals surface area (Å²) >= 11 is 6.83. The molecule has 1 heterocycles. The van der Waals surface area contributed by atoms with E-state index < -0.39 is 17.6 Å². The molecule has 3 aromatic carbocycles. The van der Waals surface area contributed by atoms with E-state index in [0.29, 0.717) is 11.8 Å². The van der Waals surface area contributed by atoms with Crippen molar-refractivity contribution in [1.29, 1.82) is 0 Å². The predicted molar refractivity (Wildman–Crippen MR) is 128 cm³/mol. The van der Waals surface area contributed by atoms with Crippen LogP contribution < -0.4 is 10.1 Å². The van der Waals surface area contributed by atoms with Gasteiger partial charge in [0.25, 0.3) is 0 Å². The van der Waals surface area contributed by atoms with E-state index in [0.717, 1.165) is 46.4 Å². The number of rotatable bonds is 7. The molecule has 0 aliphatic carbocycles. The van der Waals surface area contributed by atoms with Crippen LogP contribution >= 0.6 is 23.4 Å². The standard InChI is InChI=1S/C24H19ClF3N3O2S/c1-2-33-17-10-8-16(9-11-17)31-21-6-4-3-5-20(21)30-23(31)34-14-22(32)29-19-12-7-15(25)13-18(19)24(26,27)28/h3-13H,2,14H2,1H3,(H,29,32). The molecule has 0 radical (unpaired) electrons.